The zero-order chi connectivity index (χ0) is 23.2. The molecule has 0 aromatic carbocycles. The van der Waals surface area contributed by atoms with Gasteiger partial charge in [0.2, 0.25) is 17.7 Å². The molecule has 0 heterocycles. The van der Waals surface area contributed by atoms with Crippen LogP contribution in [0.15, 0.2) is 12.2 Å². The van der Waals surface area contributed by atoms with E-state index >= 15 is 0 Å². The zero-order valence-corrected chi connectivity index (χ0v) is 20.3. The Kier molecular flexibility index (Phi) is 20.1. The van der Waals surface area contributed by atoms with Crippen LogP contribution in [0.4, 0.5) is 0 Å². The predicted molar refractivity (Wildman–Crippen MR) is 129 cm³/mol. The van der Waals surface area contributed by atoms with Crippen LogP contribution < -0.4 is 16.0 Å². The molecule has 3 amide bonds. The number of carbonyl (C=O) groups is 3. The molecular formula is C25H47N3O3. The number of hydrogen-bond donors (Lipinski definition) is 3. The highest BCUT2D eigenvalue weighted by atomic mass is 16.2. The molecule has 0 saturated carbocycles. The topological polar surface area (TPSA) is 87.3 Å². The lowest BCUT2D eigenvalue weighted by atomic mass is 10.1. The Morgan fingerprint density at radius 2 is 1.29 bits per heavy atom. The van der Waals surface area contributed by atoms with Gasteiger partial charge in [0.1, 0.15) is 6.04 Å². The Hall–Kier alpha value is -1.85. The summed E-state index contributed by atoms with van der Waals surface area (Å²) < 4.78 is 0. The van der Waals surface area contributed by atoms with Crippen LogP contribution >= 0.6 is 0 Å². The molecule has 0 spiro atoms. The van der Waals surface area contributed by atoms with Crippen molar-refractivity contribution in [1.29, 1.82) is 0 Å². The third-order valence-electron chi connectivity index (χ3n) is 5.16. The normalized spacial score (nSPS) is 12.0. The van der Waals surface area contributed by atoms with Gasteiger partial charge in [-0.3, -0.25) is 14.4 Å². The zero-order valence-electron chi connectivity index (χ0n) is 20.3. The quantitative estimate of drug-likeness (QED) is 0.189. The van der Waals surface area contributed by atoms with E-state index in [1.165, 1.54) is 12.8 Å². The number of amides is 3. The lowest BCUT2D eigenvalue weighted by Gasteiger charge is -2.18. The van der Waals surface area contributed by atoms with Gasteiger partial charge in [-0.1, -0.05) is 65.0 Å². The van der Waals surface area contributed by atoms with E-state index in [0.29, 0.717) is 25.9 Å². The van der Waals surface area contributed by atoms with Crippen LogP contribution in [0.5, 0.6) is 0 Å². The molecule has 1 atom stereocenters. The number of allylic oxidation sites excluding steroid dienone is 2. The highest BCUT2D eigenvalue weighted by Gasteiger charge is 2.21. The summed E-state index contributed by atoms with van der Waals surface area (Å²) in [4.78, 5) is 36.8. The van der Waals surface area contributed by atoms with Gasteiger partial charge in [-0.25, -0.2) is 0 Å². The van der Waals surface area contributed by atoms with Crippen molar-refractivity contribution < 1.29 is 14.4 Å². The molecule has 0 unspecified atom stereocenters. The first-order valence-corrected chi connectivity index (χ1v) is 12.5. The summed E-state index contributed by atoms with van der Waals surface area (Å²) in [6.07, 6.45) is 16.9. The van der Waals surface area contributed by atoms with Gasteiger partial charge in [0.25, 0.3) is 0 Å². The fourth-order valence-electron chi connectivity index (χ4n) is 3.10. The molecular weight excluding hydrogens is 390 g/mol. The third-order valence-corrected chi connectivity index (χ3v) is 5.16. The highest BCUT2D eigenvalue weighted by molar-refractivity contribution is 5.88. The fourth-order valence-corrected chi connectivity index (χ4v) is 3.10. The predicted octanol–water partition coefficient (Wildman–Crippen LogP) is 4.78. The molecule has 0 saturated heterocycles. The van der Waals surface area contributed by atoms with Crippen LogP contribution in [-0.2, 0) is 14.4 Å². The minimum absolute atomic E-state index is 0.0685. The van der Waals surface area contributed by atoms with Crippen molar-refractivity contribution in [2.24, 2.45) is 0 Å². The maximum absolute atomic E-state index is 12.5. The Morgan fingerprint density at radius 3 is 1.94 bits per heavy atom. The van der Waals surface area contributed by atoms with Crippen LogP contribution in [0.25, 0.3) is 0 Å². The lowest BCUT2D eigenvalue weighted by molar-refractivity contribution is -0.129. The molecule has 0 aromatic heterocycles. The molecule has 0 aromatic rings. The summed E-state index contributed by atoms with van der Waals surface area (Å²) in [6, 6.07) is -0.650. The molecule has 31 heavy (non-hydrogen) atoms. The number of carbonyl (C=O) groups excluding carboxylic acids is 3. The van der Waals surface area contributed by atoms with Crippen LogP contribution in [0.1, 0.15) is 111 Å². The van der Waals surface area contributed by atoms with E-state index < -0.39 is 6.04 Å². The van der Waals surface area contributed by atoms with Gasteiger partial charge >= 0.3 is 0 Å². The molecule has 0 fully saturated rings. The van der Waals surface area contributed by atoms with E-state index in [-0.39, 0.29) is 24.1 Å². The van der Waals surface area contributed by atoms with Crippen LogP contribution in [0.2, 0.25) is 0 Å². The van der Waals surface area contributed by atoms with Crippen molar-refractivity contribution in [1.82, 2.24) is 16.0 Å². The van der Waals surface area contributed by atoms with Crippen molar-refractivity contribution in [3.8, 4) is 0 Å². The van der Waals surface area contributed by atoms with Crippen LogP contribution in [-0.4, -0.2) is 36.9 Å². The van der Waals surface area contributed by atoms with E-state index in [1.54, 1.807) is 0 Å². The largest absolute Gasteiger partial charge is 0.356 e. The molecule has 0 aliphatic carbocycles. The second kappa shape index (κ2) is 21.4. The molecule has 6 heteroatoms. The Bertz CT molecular complexity index is 506. The molecule has 0 aliphatic heterocycles. The van der Waals surface area contributed by atoms with Gasteiger partial charge in [-0.05, 0) is 44.9 Å². The summed E-state index contributed by atoms with van der Waals surface area (Å²) in [5.41, 5.74) is 0. The van der Waals surface area contributed by atoms with Gasteiger partial charge in [0, 0.05) is 25.9 Å². The van der Waals surface area contributed by atoms with Crippen molar-refractivity contribution >= 4 is 17.7 Å². The summed E-state index contributed by atoms with van der Waals surface area (Å²) >= 11 is 0. The Morgan fingerprint density at radius 1 is 0.677 bits per heavy atom. The van der Waals surface area contributed by atoms with E-state index in [9.17, 15) is 14.4 Å². The highest BCUT2D eigenvalue weighted by Crippen LogP contribution is 2.06. The van der Waals surface area contributed by atoms with Crippen LogP contribution in [0.3, 0.4) is 0 Å². The van der Waals surface area contributed by atoms with Crippen molar-refractivity contribution in [3.05, 3.63) is 12.2 Å². The Labute approximate surface area is 190 Å². The minimum atomic E-state index is -0.650. The number of hydrogen-bond acceptors (Lipinski definition) is 3. The van der Waals surface area contributed by atoms with Crippen molar-refractivity contribution in [3.63, 3.8) is 0 Å². The first-order chi connectivity index (χ1) is 15.0. The second-order valence-corrected chi connectivity index (χ2v) is 8.22. The van der Waals surface area contributed by atoms with Gasteiger partial charge in [0.05, 0.1) is 0 Å². The van der Waals surface area contributed by atoms with E-state index in [1.807, 2.05) is 0 Å². The monoisotopic (exact) mass is 437 g/mol. The fraction of sp³-hybridized carbons (Fsp3) is 0.800. The molecule has 0 aliphatic rings. The number of nitrogens with one attached hydrogen (secondary N) is 3. The lowest BCUT2D eigenvalue weighted by Crippen LogP contribution is -2.47. The third kappa shape index (κ3) is 18.6. The minimum Gasteiger partial charge on any atom is -0.356 e. The number of rotatable bonds is 20. The van der Waals surface area contributed by atoms with Crippen LogP contribution in [0, 0.1) is 0 Å². The van der Waals surface area contributed by atoms with E-state index in [0.717, 1.165) is 57.8 Å². The second-order valence-electron chi connectivity index (χ2n) is 8.22. The standard InChI is InChI=1S/C25H47N3O3/c1-4-7-10-11-12-13-14-15-16-17-24(30)28-22(25(31)27-21-9-6-3)18-19-23(29)26-20-8-5-2/h11-12,22H,4-10,13-21H2,1-3H3,(H,26,29)(H,27,31)(H,28,30)/b12-11+/t22-/m0/s1. The molecule has 0 rings (SSSR count). The van der Waals surface area contributed by atoms with Gasteiger partial charge in [0.15, 0.2) is 0 Å². The number of unbranched alkanes of at least 4 members (excludes halogenated alkanes) is 7. The van der Waals surface area contributed by atoms with E-state index in [2.05, 4.69) is 48.9 Å². The maximum Gasteiger partial charge on any atom is 0.242 e. The van der Waals surface area contributed by atoms with Gasteiger partial charge in [-0.15, -0.1) is 0 Å². The molecule has 180 valence electrons. The maximum atomic E-state index is 12.5. The average Bonchev–Trinajstić information content (AvgIpc) is 2.75. The molecule has 0 bridgehead atoms. The van der Waals surface area contributed by atoms with Gasteiger partial charge < -0.3 is 16.0 Å². The SMILES string of the molecule is CCCC/C=C/CCCCCC(=O)N[C@@H](CCC(=O)NCCCC)C(=O)NCCCC. The first-order valence-electron chi connectivity index (χ1n) is 12.5. The first kappa shape index (κ1) is 29.1. The van der Waals surface area contributed by atoms with E-state index in [4.69, 9.17) is 0 Å². The molecule has 0 radical (unpaired) electrons. The van der Waals surface area contributed by atoms with Crippen molar-refractivity contribution in [2.75, 3.05) is 13.1 Å². The molecule has 6 nitrogen and oxygen atoms in total. The summed E-state index contributed by atoms with van der Waals surface area (Å²) in [7, 11) is 0. The molecule has 3 N–H and O–H groups in total. The summed E-state index contributed by atoms with van der Waals surface area (Å²) in [5, 5.41) is 8.59. The Balaban J connectivity index is 4.30. The van der Waals surface area contributed by atoms with Crippen molar-refractivity contribution in [2.45, 2.75) is 117 Å². The average molecular weight is 438 g/mol. The summed E-state index contributed by atoms with van der Waals surface area (Å²) in [6.45, 7) is 7.58. The summed E-state index contributed by atoms with van der Waals surface area (Å²) in [5.74, 6) is -0.373. The smallest absolute Gasteiger partial charge is 0.242 e. The van der Waals surface area contributed by atoms with Gasteiger partial charge in [-0.2, -0.15) is 0 Å².